The van der Waals surface area contributed by atoms with Gasteiger partial charge in [0.25, 0.3) is 0 Å². The van der Waals surface area contributed by atoms with Crippen LogP contribution < -0.4 is 5.32 Å². The van der Waals surface area contributed by atoms with Gasteiger partial charge in [-0.1, -0.05) is 0 Å². The van der Waals surface area contributed by atoms with Crippen molar-refractivity contribution in [3.8, 4) is 0 Å². The zero-order valence-corrected chi connectivity index (χ0v) is 5.68. The van der Waals surface area contributed by atoms with Gasteiger partial charge in [-0.05, 0) is 7.05 Å². The molecule has 3 nitrogen and oxygen atoms in total. The molecule has 0 unspecified atom stereocenters. The van der Waals surface area contributed by atoms with Crippen LogP contribution in [0.15, 0.2) is 0 Å². The highest BCUT2D eigenvalue weighted by molar-refractivity contribution is 4.92. The number of epoxide rings is 1. The Balaban J connectivity index is 1.91. The van der Waals surface area contributed by atoms with Gasteiger partial charge in [0.2, 0.25) is 0 Å². The van der Waals surface area contributed by atoms with Gasteiger partial charge in [-0.25, -0.2) is 0 Å². The lowest BCUT2D eigenvalue weighted by molar-refractivity contribution is 0.133. The maximum absolute atomic E-state index is 5.25. The molecule has 2 aliphatic heterocycles. The first-order valence-corrected chi connectivity index (χ1v) is 3.38. The van der Waals surface area contributed by atoms with E-state index in [4.69, 9.17) is 4.74 Å². The summed E-state index contributed by atoms with van der Waals surface area (Å²) >= 11 is 0. The third-order valence-corrected chi connectivity index (χ3v) is 2.06. The molecule has 0 radical (unpaired) electrons. The lowest BCUT2D eigenvalue weighted by atomic mass is 10.2. The van der Waals surface area contributed by atoms with Crippen LogP contribution in [0.3, 0.4) is 0 Å². The molecule has 1 spiro atoms. The van der Waals surface area contributed by atoms with E-state index in [1.807, 2.05) is 0 Å². The van der Waals surface area contributed by atoms with E-state index in [1.54, 1.807) is 0 Å². The van der Waals surface area contributed by atoms with Crippen molar-refractivity contribution in [3.63, 3.8) is 0 Å². The molecule has 1 N–H and O–H groups in total. The highest BCUT2D eigenvalue weighted by Gasteiger charge is 2.45. The second-order valence-corrected chi connectivity index (χ2v) is 2.95. The Kier molecular flexibility index (Phi) is 1.06. The Morgan fingerprint density at radius 2 is 2.44 bits per heavy atom. The summed E-state index contributed by atoms with van der Waals surface area (Å²) in [5, 5.41) is 3.32. The maximum atomic E-state index is 5.25. The van der Waals surface area contributed by atoms with Crippen molar-refractivity contribution in [2.24, 2.45) is 0 Å². The lowest BCUT2D eigenvalue weighted by Crippen LogP contribution is -2.48. The number of rotatable bonds is 0. The molecule has 0 aliphatic carbocycles. The first-order chi connectivity index (χ1) is 4.31. The predicted octanol–water partition coefficient (Wildman–Crippen LogP) is -0.405. The van der Waals surface area contributed by atoms with Crippen LogP contribution in [0.1, 0.15) is 6.42 Å². The molecule has 0 saturated carbocycles. The molecule has 2 rings (SSSR count). The molecule has 2 saturated heterocycles. The number of nitrogens with one attached hydrogen (secondary N) is 1. The topological polar surface area (TPSA) is 27.8 Å². The summed E-state index contributed by atoms with van der Waals surface area (Å²) in [7, 11) is 2.11. The maximum Gasteiger partial charge on any atom is 0.145 e. The highest BCUT2D eigenvalue weighted by atomic mass is 16.6. The van der Waals surface area contributed by atoms with E-state index in [0.29, 0.717) is 0 Å². The number of nitrogens with zero attached hydrogens (tertiary/aromatic N) is 1. The average Bonchev–Trinajstić information content (AvgIpc) is 2.60. The average molecular weight is 128 g/mol. The molecule has 0 amide bonds. The molecule has 52 valence electrons. The summed E-state index contributed by atoms with van der Waals surface area (Å²) in [5.41, 5.74) is 0.118. The molecule has 0 aromatic carbocycles. The monoisotopic (exact) mass is 128 g/mol. The Labute approximate surface area is 55.0 Å². The standard InChI is InChI=1S/C6H12N2O/c1-8-3-2-6(4-9-6)7-5-8/h7H,2-5H2,1H3/t6-/m0/s1. The van der Waals surface area contributed by atoms with Gasteiger partial charge in [0, 0.05) is 13.0 Å². The second-order valence-electron chi connectivity index (χ2n) is 2.95. The van der Waals surface area contributed by atoms with Gasteiger partial charge in [-0.15, -0.1) is 0 Å². The van der Waals surface area contributed by atoms with Crippen molar-refractivity contribution in [1.29, 1.82) is 0 Å². The fourth-order valence-corrected chi connectivity index (χ4v) is 1.15. The molecular weight excluding hydrogens is 116 g/mol. The Hall–Kier alpha value is -0.120. The Bertz CT molecular complexity index is 112. The van der Waals surface area contributed by atoms with Crippen LogP contribution in [-0.2, 0) is 4.74 Å². The van der Waals surface area contributed by atoms with Crippen LogP contribution in [0.25, 0.3) is 0 Å². The molecule has 1 atom stereocenters. The van der Waals surface area contributed by atoms with E-state index in [-0.39, 0.29) is 5.72 Å². The minimum absolute atomic E-state index is 0.118. The van der Waals surface area contributed by atoms with E-state index in [2.05, 4.69) is 17.3 Å². The molecule has 3 heteroatoms. The summed E-state index contributed by atoms with van der Waals surface area (Å²) in [4.78, 5) is 2.26. The van der Waals surface area contributed by atoms with Crippen molar-refractivity contribution in [2.75, 3.05) is 26.9 Å². The fourth-order valence-electron chi connectivity index (χ4n) is 1.15. The van der Waals surface area contributed by atoms with Gasteiger partial charge in [-0.3, -0.25) is 10.2 Å². The van der Waals surface area contributed by atoms with Crippen LogP contribution in [0.2, 0.25) is 0 Å². The van der Waals surface area contributed by atoms with Crippen LogP contribution in [-0.4, -0.2) is 37.5 Å². The lowest BCUT2D eigenvalue weighted by Gasteiger charge is -2.27. The number of ether oxygens (including phenoxy) is 1. The van der Waals surface area contributed by atoms with E-state index in [0.717, 1.165) is 26.2 Å². The summed E-state index contributed by atoms with van der Waals surface area (Å²) in [5.74, 6) is 0. The van der Waals surface area contributed by atoms with Crippen LogP contribution in [0, 0.1) is 0 Å². The minimum atomic E-state index is 0.118. The normalized spacial score (nSPS) is 43.7. The molecule has 9 heavy (non-hydrogen) atoms. The number of hydrogen-bond acceptors (Lipinski definition) is 3. The van der Waals surface area contributed by atoms with Gasteiger partial charge in [0.05, 0.1) is 13.3 Å². The fraction of sp³-hybridized carbons (Fsp3) is 1.00. The summed E-state index contributed by atoms with van der Waals surface area (Å²) in [6.07, 6.45) is 1.14. The van der Waals surface area contributed by atoms with Crippen LogP contribution in [0.5, 0.6) is 0 Å². The SMILES string of the molecule is CN1CC[C@]2(CO2)NC1. The largest absolute Gasteiger partial charge is 0.354 e. The quantitative estimate of drug-likeness (QED) is 0.450. The van der Waals surface area contributed by atoms with Crippen LogP contribution in [0.4, 0.5) is 0 Å². The first kappa shape index (κ1) is 5.65. The van der Waals surface area contributed by atoms with Crippen molar-refractivity contribution >= 4 is 0 Å². The molecule has 2 aliphatic rings. The third-order valence-electron chi connectivity index (χ3n) is 2.06. The van der Waals surface area contributed by atoms with Crippen molar-refractivity contribution in [2.45, 2.75) is 12.1 Å². The zero-order chi connectivity index (χ0) is 6.32. The van der Waals surface area contributed by atoms with E-state index in [1.165, 1.54) is 0 Å². The summed E-state index contributed by atoms with van der Waals surface area (Å²) in [6, 6.07) is 0. The van der Waals surface area contributed by atoms with Gasteiger partial charge >= 0.3 is 0 Å². The Morgan fingerprint density at radius 1 is 1.67 bits per heavy atom. The van der Waals surface area contributed by atoms with Gasteiger partial charge < -0.3 is 4.74 Å². The summed E-state index contributed by atoms with van der Waals surface area (Å²) < 4.78 is 5.25. The summed E-state index contributed by atoms with van der Waals surface area (Å²) in [6.45, 7) is 3.05. The van der Waals surface area contributed by atoms with Crippen molar-refractivity contribution in [1.82, 2.24) is 10.2 Å². The second kappa shape index (κ2) is 1.68. The van der Waals surface area contributed by atoms with Gasteiger partial charge in [0.15, 0.2) is 0 Å². The molecule has 0 aromatic rings. The minimum Gasteiger partial charge on any atom is -0.354 e. The van der Waals surface area contributed by atoms with Gasteiger partial charge in [-0.2, -0.15) is 0 Å². The predicted molar refractivity (Wildman–Crippen MR) is 33.9 cm³/mol. The third kappa shape index (κ3) is 0.956. The van der Waals surface area contributed by atoms with E-state index < -0.39 is 0 Å². The molecule has 0 aromatic heterocycles. The van der Waals surface area contributed by atoms with Crippen molar-refractivity contribution in [3.05, 3.63) is 0 Å². The zero-order valence-electron chi connectivity index (χ0n) is 5.68. The van der Waals surface area contributed by atoms with Crippen molar-refractivity contribution < 1.29 is 4.74 Å². The van der Waals surface area contributed by atoms with Crippen LogP contribution >= 0.6 is 0 Å². The molecule has 2 fully saturated rings. The first-order valence-electron chi connectivity index (χ1n) is 3.38. The molecular formula is C6H12N2O. The smallest absolute Gasteiger partial charge is 0.145 e. The van der Waals surface area contributed by atoms with E-state index in [9.17, 15) is 0 Å². The molecule has 0 bridgehead atoms. The Morgan fingerprint density at radius 3 is 2.89 bits per heavy atom. The highest BCUT2D eigenvalue weighted by Crippen LogP contribution is 2.29. The van der Waals surface area contributed by atoms with Gasteiger partial charge in [0.1, 0.15) is 5.72 Å². The van der Waals surface area contributed by atoms with E-state index >= 15 is 0 Å². The number of hydrogen-bond donors (Lipinski definition) is 1. The molecule has 2 heterocycles.